The Labute approximate surface area is 192 Å². The second kappa shape index (κ2) is 9.09. The highest BCUT2D eigenvalue weighted by Crippen LogP contribution is 2.33. The van der Waals surface area contributed by atoms with Gasteiger partial charge in [-0.15, -0.1) is 0 Å². The van der Waals surface area contributed by atoms with E-state index in [0.717, 1.165) is 0 Å². The molecule has 2 aromatic carbocycles. The van der Waals surface area contributed by atoms with Crippen LogP contribution in [0.1, 0.15) is 13.3 Å². The Balaban J connectivity index is 1.37. The van der Waals surface area contributed by atoms with Crippen molar-refractivity contribution in [2.24, 2.45) is 0 Å². The van der Waals surface area contributed by atoms with Crippen molar-refractivity contribution in [1.29, 1.82) is 0 Å². The highest BCUT2D eigenvalue weighted by molar-refractivity contribution is 7.89. The van der Waals surface area contributed by atoms with E-state index < -0.39 is 16.1 Å². The lowest BCUT2D eigenvalue weighted by molar-refractivity contribution is -0.132. The molecule has 1 saturated heterocycles. The van der Waals surface area contributed by atoms with Gasteiger partial charge in [0.1, 0.15) is 10.6 Å². The molecule has 2 amide bonds. The highest BCUT2D eigenvalue weighted by Gasteiger charge is 2.33. The van der Waals surface area contributed by atoms with Crippen LogP contribution in [0.5, 0.6) is 5.75 Å². The van der Waals surface area contributed by atoms with Gasteiger partial charge in [-0.05, 0) is 31.2 Å². The van der Waals surface area contributed by atoms with E-state index in [2.05, 4.69) is 0 Å². The molecule has 2 heterocycles. The standard InChI is InChI=1S/C22H24ClN3O5S/c1-16-22(28)26(18-7-3-4-8-19(18)31-16)11-10-21(27)24-12-14-25(15-13-24)32(29,30)20-9-5-2-6-17(20)23/h2-9,16H,10-15H2,1H3/t16-/m1/s1. The lowest BCUT2D eigenvalue weighted by atomic mass is 10.1. The molecule has 2 aromatic rings. The Morgan fingerprint density at radius 3 is 2.44 bits per heavy atom. The van der Waals surface area contributed by atoms with Gasteiger partial charge in [0.05, 0.1) is 10.7 Å². The van der Waals surface area contributed by atoms with Gasteiger partial charge < -0.3 is 14.5 Å². The van der Waals surface area contributed by atoms with E-state index in [0.29, 0.717) is 11.4 Å². The van der Waals surface area contributed by atoms with Gasteiger partial charge in [0.15, 0.2) is 6.10 Å². The molecule has 10 heteroatoms. The molecule has 0 radical (unpaired) electrons. The molecule has 0 bridgehead atoms. The maximum Gasteiger partial charge on any atom is 0.267 e. The summed E-state index contributed by atoms with van der Waals surface area (Å²) in [5.41, 5.74) is 0.652. The van der Waals surface area contributed by atoms with Crippen LogP contribution >= 0.6 is 11.6 Å². The lowest BCUT2D eigenvalue weighted by Crippen LogP contribution is -2.51. The van der Waals surface area contributed by atoms with Crippen LogP contribution in [0.3, 0.4) is 0 Å². The van der Waals surface area contributed by atoms with Gasteiger partial charge >= 0.3 is 0 Å². The number of para-hydroxylation sites is 2. The Morgan fingerprint density at radius 1 is 1.06 bits per heavy atom. The maximum absolute atomic E-state index is 12.9. The molecule has 1 atom stereocenters. The van der Waals surface area contributed by atoms with Crippen molar-refractivity contribution >= 4 is 39.1 Å². The summed E-state index contributed by atoms with van der Waals surface area (Å²) in [5, 5.41) is 0.177. The summed E-state index contributed by atoms with van der Waals surface area (Å²) < 4.78 is 32.7. The van der Waals surface area contributed by atoms with Crippen molar-refractivity contribution in [3.05, 3.63) is 53.6 Å². The second-order valence-corrected chi connectivity index (χ2v) is 10.00. The number of amides is 2. The zero-order valence-corrected chi connectivity index (χ0v) is 19.2. The Bertz CT molecular complexity index is 1130. The zero-order chi connectivity index (χ0) is 22.9. The number of carbonyl (C=O) groups excluding carboxylic acids is 2. The molecule has 8 nitrogen and oxygen atoms in total. The number of sulfonamides is 1. The van der Waals surface area contributed by atoms with Crippen LogP contribution in [0.25, 0.3) is 0 Å². The zero-order valence-electron chi connectivity index (χ0n) is 17.6. The molecule has 2 aliphatic heterocycles. The first-order valence-corrected chi connectivity index (χ1v) is 12.2. The number of piperazine rings is 1. The molecule has 0 saturated carbocycles. The van der Waals surface area contributed by atoms with Crippen LogP contribution in [0, 0.1) is 0 Å². The molecule has 0 spiro atoms. The molecule has 2 aliphatic rings. The first-order valence-electron chi connectivity index (χ1n) is 10.4. The molecule has 0 aromatic heterocycles. The number of nitrogens with zero attached hydrogens (tertiary/aromatic N) is 3. The van der Waals surface area contributed by atoms with Gasteiger partial charge in [0.25, 0.3) is 5.91 Å². The third-order valence-corrected chi connectivity index (χ3v) is 8.07. The monoisotopic (exact) mass is 477 g/mol. The average Bonchev–Trinajstić information content (AvgIpc) is 2.79. The summed E-state index contributed by atoms with van der Waals surface area (Å²) in [6, 6.07) is 13.6. The molecule has 4 rings (SSSR count). The predicted molar refractivity (Wildman–Crippen MR) is 120 cm³/mol. The Kier molecular flexibility index (Phi) is 6.41. The number of anilines is 1. The second-order valence-electron chi connectivity index (χ2n) is 7.68. The summed E-state index contributed by atoms with van der Waals surface area (Å²) in [6.45, 7) is 2.87. The van der Waals surface area contributed by atoms with Crippen LogP contribution in [0.4, 0.5) is 5.69 Å². The van der Waals surface area contributed by atoms with Gasteiger partial charge in [-0.1, -0.05) is 35.9 Å². The average molecular weight is 478 g/mol. The van der Waals surface area contributed by atoms with E-state index in [1.807, 2.05) is 12.1 Å². The summed E-state index contributed by atoms with van der Waals surface area (Å²) in [4.78, 5) is 28.7. The summed E-state index contributed by atoms with van der Waals surface area (Å²) >= 11 is 6.07. The van der Waals surface area contributed by atoms with Crippen LogP contribution in [0.15, 0.2) is 53.4 Å². The SMILES string of the molecule is C[C@H]1Oc2ccccc2N(CCC(=O)N2CCN(S(=O)(=O)c3ccccc3Cl)CC2)C1=O. The number of benzene rings is 2. The minimum atomic E-state index is -3.72. The summed E-state index contributed by atoms with van der Waals surface area (Å²) in [5.74, 6) is 0.307. The van der Waals surface area contributed by atoms with Gasteiger partial charge in [0.2, 0.25) is 15.9 Å². The van der Waals surface area contributed by atoms with Crippen molar-refractivity contribution in [3.8, 4) is 5.75 Å². The smallest absolute Gasteiger partial charge is 0.267 e. The van der Waals surface area contributed by atoms with Crippen LogP contribution < -0.4 is 9.64 Å². The van der Waals surface area contributed by atoms with E-state index in [9.17, 15) is 18.0 Å². The van der Waals surface area contributed by atoms with Crippen LogP contribution in [-0.4, -0.2) is 68.3 Å². The van der Waals surface area contributed by atoms with Crippen molar-refractivity contribution in [2.45, 2.75) is 24.3 Å². The van der Waals surface area contributed by atoms with Gasteiger partial charge in [0, 0.05) is 39.1 Å². The van der Waals surface area contributed by atoms with Crippen LogP contribution in [-0.2, 0) is 19.6 Å². The van der Waals surface area contributed by atoms with E-state index in [4.69, 9.17) is 16.3 Å². The fourth-order valence-corrected chi connectivity index (χ4v) is 5.84. The highest BCUT2D eigenvalue weighted by atomic mass is 35.5. The van der Waals surface area contributed by atoms with Gasteiger partial charge in [-0.3, -0.25) is 9.59 Å². The van der Waals surface area contributed by atoms with E-state index >= 15 is 0 Å². The van der Waals surface area contributed by atoms with E-state index in [1.165, 1.54) is 10.4 Å². The van der Waals surface area contributed by atoms with E-state index in [1.54, 1.807) is 47.1 Å². The van der Waals surface area contributed by atoms with Crippen LogP contribution in [0.2, 0.25) is 5.02 Å². The minimum Gasteiger partial charge on any atom is -0.479 e. The number of hydrogen-bond donors (Lipinski definition) is 0. The fraction of sp³-hybridized carbons (Fsp3) is 0.364. The number of carbonyl (C=O) groups is 2. The van der Waals surface area contributed by atoms with Gasteiger partial charge in [-0.2, -0.15) is 4.31 Å². The lowest BCUT2D eigenvalue weighted by Gasteiger charge is -2.35. The summed E-state index contributed by atoms with van der Waals surface area (Å²) in [6.07, 6.45) is -0.470. The third-order valence-electron chi connectivity index (χ3n) is 5.67. The first-order chi connectivity index (χ1) is 15.3. The summed E-state index contributed by atoms with van der Waals surface area (Å²) in [7, 11) is -3.72. The normalized spacial score (nSPS) is 19.4. The molecule has 0 unspecified atom stereocenters. The quantitative estimate of drug-likeness (QED) is 0.659. The van der Waals surface area contributed by atoms with E-state index in [-0.39, 0.29) is 60.9 Å². The molecular weight excluding hydrogens is 454 g/mol. The van der Waals surface area contributed by atoms with Crippen molar-refractivity contribution in [1.82, 2.24) is 9.21 Å². The predicted octanol–water partition coefficient (Wildman–Crippen LogP) is 2.38. The molecular formula is C22H24ClN3O5S. The molecule has 0 N–H and O–H groups in total. The number of halogens is 1. The third kappa shape index (κ3) is 4.32. The van der Waals surface area contributed by atoms with Gasteiger partial charge in [-0.25, -0.2) is 8.42 Å². The number of rotatable bonds is 5. The fourth-order valence-electron chi connectivity index (χ4n) is 3.93. The molecule has 1 fully saturated rings. The largest absolute Gasteiger partial charge is 0.479 e. The molecule has 170 valence electrons. The minimum absolute atomic E-state index is 0.0695. The number of hydrogen-bond acceptors (Lipinski definition) is 5. The molecule has 0 aliphatic carbocycles. The number of ether oxygens (including phenoxy) is 1. The first kappa shape index (κ1) is 22.6. The van der Waals surface area contributed by atoms with Crippen molar-refractivity contribution in [3.63, 3.8) is 0 Å². The molecule has 32 heavy (non-hydrogen) atoms. The Morgan fingerprint density at radius 2 is 1.72 bits per heavy atom. The topological polar surface area (TPSA) is 87.2 Å². The maximum atomic E-state index is 12.9. The Hall–Kier alpha value is -2.62. The van der Waals surface area contributed by atoms with Crippen molar-refractivity contribution < 1.29 is 22.7 Å². The number of fused-ring (bicyclic) bond motifs is 1. The van der Waals surface area contributed by atoms with Crippen molar-refractivity contribution in [2.75, 3.05) is 37.6 Å².